The number of rotatable bonds is 6. The number of fused-ring (bicyclic) bond motifs is 1. The van der Waals surface area contributed by atoms with Crippen molar-refractivity contribution < 1.29 is 0 Å². The summed E-state index contributed by atoms with van der Waals surface area (Å²) in [6.45, 7) is 3.16. The molecule has 4 nitrogen and oxygen atoms in total. The van der Waals surface area contributed by atoms with E-state index < -0.39 is 0 Å². The Labute approximate surface area is 128 Å². The normalized spacial score (nSPS) is 12.6. The van der Waals surface area contributed by atoms with Crippen LogP contribution < -0.4 is 5.32 Å². The Kier molecular flexibility index (Phi) is 4.52. The molecule has 0 spiro atoms. The van der Waals surface area contributed by atoms with E-state index >= 15 is 0 Å². The highest BCUT2D eigenvalue weighted by Gasteiger charge is 2.16. The summed E-state index contributed by atoms with van der Waals surface area (Å²) in [5, 5.41) is 6.78. The smallest absolute Gasteiger partial charge is 0.0943 e. The quantitative estimate of drug-likeness (QED) is 0.758. The maximum atomic E-state index is 4.52. The van der Waals surface area contributed by atoms with Crippen molar-refractivity contribution in [1.29, 1.82) is 0 Å². The third-order valence-electron chi connectivity index (χ3n) is 3.41. The van der Waals surface area contributed by atoms with E-state index in [4.69, 9.17) is 0 Å². The van der Waals surface area contributed by atoms with Crippen molar-refractivity contribution in [3.63, 3.8) is 0 Å². The molecule has 0 bridgehead atoms. The predicted molar refractivity (Wildman–Crippen MR) is 86.4 cm³/mol. The molecule has 5 heteroatoms. The second-order valence-electron chi connectivity index (χ2n) is 4.91. The minimum atomic E-state index is 0.219. The third-order valence-corrected chi connectivity index (χ3v) is 4.21. The van der Waals surface area contributed by atoms with Gasteiger partial charge >= 0.3 is 0 Å². The Morgan fingerprint density at radius 3 is 2.86 bits per heavy atom. The minimum Gasteiger partial charge on any atom is -0.310 e. The molecule has 1 unspecified atom stereocenters. The van der Waals surface area contributed by atoms with Crippen LogP contribution in [0.2, 0.25) is 0 Å². The molecule has 1 N–H and O–H groups in total. The van der Waals surface area contributed by atoms with E-state index in [9.17, 15) is 0 Å². The van der Waals surface area contributed by atoms with Crippen molar-refractivity contribution in [3.8, 4) is 0 Å². The number of para-hydroxylation sites is 1. The molecule has 0 amide bonds. The number of hydrogen-bond acceptors (Lipinski definition) is 5. The van der Waals surface area contributed by atoms with E-state index in [2.05, 4.69) is 39.3 Å². The van der Waals surface area contributed by atoms with Gasteiger partial charge in [0.05, 0.1) is 16.0 Å². The van der Waals surface area contributed by atoms with Gasteiger partial charge in [-0.1, -0.05) is 19.1 Å². The van der Waals surface area contributed by atoms with Gasteiger partial charge < -0.3 is 5.32 Å². The summed E-state index contributed by atoms with van der Waals surface area (Å²) in [5.41, 5.74) is 3.12. The van der Waals surface area contributed by atoms with Gasteiger partial charge in [0.2, 0.25) is 0 Å². The molecular weight excluding hydrogens is 280 g/mol. The first-order valence-corrected chi connectivity index (χ1v) is 8.08. The summed E-state index contributed by atoms with van der Waals surface area (Å²) >= 11 is 1.70. The van der Waals surface area contributed by atoms with Crippen molar-refractivity contribution in [2.24, 2.45) is 0 Å². The number of aromatic nitrogens is 3. The van der Waals surface area contributed by atoms with Crippen LogP contribution in [0.5, 0.6) is 0 Å². The van der Waals surface area contributed by atoms with E-state index in [1.54, 1.807) is 23.7 Å². The van der Waals surface area contributed by atoms with Gasteiger partial charge in [-0.3, -0.25) is 9.97 Å². The summed E-state index contributed by atoms with van der Waals surface area (Å²) < 4.78 is 0. The van der Waals surface area contributed by atoms with E-state index in [0.29, 0.717) is 0 Å². The largest absolute Gasteiger partial charge is 0.310 e. The van der Waals surface area contributed by atoms with Gasteiger partial charge in [0.15, 0.2) is 0 Å². The number of thiazole rings is 1. The zero-order valence-corrected chi connectivity index (χ0v) is 12.8. The highest BCUT2D eigenvalue weighted by Crippen LogP contribution is 2.25. The van der Waals surface area contributed by atoms with Crippen molar-refractivity contribution >= 4 is 22.4 Å². The van der Waals surface area contributed by atoms with Crippen LogP contribution in [0.15, 0.2) is 42.2 Å². The Morgan fingerprint density at radius 2 is 2.05 bits per heavy atom. The average Bonchev–Trinajstić information content (AvgIpc) is 3.04. The first-order valence-electron chi connectivity index (χ1n) is 7.20. The molecule has 0 saturated heterocycles. The lowest BCUT2D eigenvalue weighted by Crippen LogP contribution is -2.24. The van der Waals surface area contributed by atoms with Crippen LogP contribution in [-0.4, -0.2) is 21.5 Å². The lowest BCUT2D eigenvalue weighted by molar-refractivity contribution is 0.530. The third kappa shape index (κ3) is 3.25. The standard InChI is InChI=1S/C16H18N4S/c1-2-6-17-14(11-15-19-9-10-21-15)12-4-3-5-13-16(12)20-8-7-18-13/h3-5,7-10,14,17H,2,6,11H2,1H3. The molecule has 0 fully saturated rings. The molecule has 2 aromatic heterocycles. The van der Waals surface area contributed by atoms with Gasteiger partial charge in [-0.15, -0.1) is 11.3 Å². The summed E-state index contributed by atoms with van der Waals surface area (Å²) in [4.78, 5) is 13.3. The first kappa shape index (κ1) is 14.1. The second kappa shape index (κ2) is 6.74. The van der Waals surface area contributed by atoms with Crippen molar-refractivity contribution in [3.05, 3.63) is 52.7 Å². The Balaban J connectivity index is 1.97. The SMILES string of the molecule is CCCNC(Cc1nccs1)c1cccc2nccnc12. The van der Waals surface area contributed by atoms with E-state index in [-0.39, 0.29) is 6.04 Å². The fourth-order valence-electron chi connectivity index (χ4n) is 2.44. The van der Waals surface area contributed by atoms with Gasteiger partial charge in [0, 0.05) is 36.4 Å². The zero-order valence-electron chi connectivity index (χ0n) is 12.0. The Bertz CT molecular complexity index is 691. The van der Waals surface area contributed by atoms with E-state index in [0.717, 1.165) is 35.4 Å². The Morgan fingerprint density at radius 1 is 1.14 bits per heavy atom. The van der Waals surface area contributed by atoms with Crippen molar-refractivity contribution in [1.82, 2.24) is 20.3 Å². The minimum absolute atomic E-state index is 0.219. The predicted octanol–water partition coefficient (Wildman–Crippen LogP) is 3.37. The number of benzene rings is 1. The molecular formula is C16H18N4S. The van der Waals surface area contributed by atoms with Gasteiger partial charge in [-0.2, -0.15) is 0 Å². The topological polar surface area (TPSA) is 50.7 Å². The molecule has 2 heterocycles. The highest BCUT2D eigenvalue weighted by atomic mass is 32.1. The average molecular weight is 298 g/mol. The Hall–Kier alpha value is -1.85. The fourth-order valence-corrected chi connectivity index (χ4v) is 3.10. The fraction of sp³-hybridized carbons (Fsp3) is 0.312. The maximum absolute atomic E-state index is 4.52. The molecule has 0 aliphatic heterocycles. The summed E-state index contributed by atoms with van der Waals surface area (Å²) in [6.07, 6.45) is 7.34. The molecule has 0 radical (unpaired) electrons. The maximum Gasteiger partial charge on any atom is 0.0943 e. The monoisotopic (exact) mass is 298 g/mol. The highest BCUT2D eigenvalue weighted by molar-refractivity contribution is 7.09. The lowest BCUT2D eigenvalue weighted by Gasteiger charge is -2.19. The van der Waals surface area contributed by atoms with Crippen LogP contribution in [0, 0.1) is 0 Å². The molecule has 0 saturated carbocycles. The van der Waals surface area contributed by atoms with Gasteiger partial charge in [0.25, 0.3) is 0 Å². The second-order valence-corrected chi connectivity index (χ2v) is 5.89. The van der Waals surface area contributed by atoms with Crippen LogP contribution in [0.1, 0.15) is 30.0 Å². The van der Waals surface area contributed by atoms with Crippen LogP contribution in [0.3, 0.4) is 0 Å². The summed E-state index contributed by atoms with van der Waals surface area (Å²) in [6, 6.07) is 6.41. The molecule has 1 atom stereocenters. The van der Waals surface area contributed by atoms with Crippen LogP contribution in [-0.2, 0) is 6.42 Å². The molecule has 3 aromatic rings. The molecule has 0 aliphatic carbocycles. The van der Waals surface area contributed by atoms with Crippen LogP contribution in [0.25, 0.3) is 11.0 Å². The van der Waals surface area contributed by atoms with Crippen molar-refractivity contribution in [2.75, 3.05) is 6.54 Å². The molecule has 1 aromatic carbocycles. The molecule has 108 valence electrons. The summed E-state index contributed by atoms with van der Waals surface area (Å²) in [5.74, 6) is 0. The van der Waals surface area contributed by atoms with E-state index in [1.807, 2.05) is 17.6 Å². The van der Waals surface area contributed by atoms with Gasteiger partial charge in [0.1, 0.15) is 0 Å². The first-order chi connectivity index (χ1) is 10.4. The zero-order chi connectivity index (χ0) is 14.5. The molecule has 21 heavy (non-hydrogen) atoms. The van der Waals surface area contributed by atoms with Gasteiger partial charge in [-0.25, -0.2) is 4.98 Å². The van der Waals surface area contributed by atoms with E-state index in [1.165, 1.54) is 5.56 Å². The van der Waals surface area contributed by atoms with Crippen LogP contribution in [0.4, 0.5) is 0 Å². The molecule has 0 aliphatic rings. The van der Waals surface area contributed by atoms with Crippen molar-refractivity contribution in [2.45, 2.75) is 25.8 Å². The number of hydrogen-bond donors (Lipinski definition) is 1. The summed E-state index contributed by atoms with van der Waals surface area (Å²) in [7, 11) is 0. The lowest BCUT2D eigenvalue weighted by atomic mass is 10.0. The molecule has 3 rings (SSSR count). The number of nitrogens with zero attached hydrogens (tertiary/aromatic N) is 3. The van der Waals surface area contributed by atoms with Crippen LogP contribution >= 0.6 is 11.3 Å². The van der Waals surface area contributed by atoms with Gasteiger partial charge in [-0.05, 0) is 24.6 Å². The number of nitrogens with one attached hydrogen (secondary N) is 1.